The fraction of sp³-hybridized carbons (Fsp3) is 0.933. The molecule has 0 aromatic rings. The quantitative estimate of drug-likeness (QED) is 0.847. The fourth-order valence-electron chi connectivity index (χ4n) is 2.97. The minimum absolute atomic E-state index is 0. The van der Waals surface area contributed by atoms with E-state index < -0.39 is 5.60 Å². The molecule has 0 aromatic heterocycles. The van der Waals surface area contributed by atoms with Gasteiger partial charge < -0.3 is 19.6 Å². The summed E-state index contributed by atoms with van der Waals surface area (Å²) in [4.78, 5) is 16.1. The summed E-state index contributed by atoms with van der Waals surface area (Å²) < 4.78 is 5.40. The minimum atomic E-state index is -0.417. The van der Waals surface area contributed by atoms with Crippen LogP contribution >= 0.6 is 12.4 Å². The van der Waals surface area contributed by atoms with Crippen LogP contribution in [-0.2, 0) is 4.74 Å². The van der Waals surface area contributed by atoms with E-state index in [2.05, 4.69) is 4.90 Å². The highest BCUT2D eigenvalue weighted by Gasteiger charge is 2.29. The van der Waals surface area contributed by atoms with E-state index in [0.717, 1.165) is 52.0 Å². The number of piperidine rings is 1. The van der Waals surface area contributed by atoms with Crippen molar-refractivity contribution in [2.24, 2.45) is 5.92 Å². The first-order valence-corrected chi connectivity index (χ1v) is 7.72. The zero-order chi connectivity index (χ0) is 14.8. The van der Waals surface area contributed by atoms with Crippen molar-refractivity contribution in [2.75, 3.05) is 32.7 Å². The second-order valence-electron chi connectivity index (χ2n) is 7.11. The van der Waals surface area contributed by atoms with Gasteiger partial charge in [0.2, 0.25) is 0 Å². The lowest BCUT2D eigenvalue weighted by Gasteiger charge is -2.34. The number of likely N-dealkylation sites (tertiary alicyclic amines) is 2. The van der Waals surface area contributed by atoms with Crippen LogP contribution in [0, 0.1) is 5.92 Å². The second kappa shape index (κ2) is 7.65. The number of carbonyl (C=O) groups excluding carboxylic acids is 1. The number of hydrogen-bond donors (Lipinski definition) is 1. The average Bonchev–Trinajstić information content (AvgIpc) is 2.73. The van der Waals surface area contributed by atoms with Crippen LogP contribution in [-0.4, -0.2) is 65.4 Å². The summed E-state index contributed by atoms with van der Waals surface area (Å²) in [7, 11) is 0. The monoisotopic (exact) mass is 320 g/mol. The number of carbonyl (C=O) groups is 1. The van der Waals surface area contributed by atoms with E-state index in [1.54, 1.807) is 0 Å². The van der Waals surface area contributed by atoms with Crippen LogP contribution in [0.2, 0.25) is 0 Å². The Morgan fingerprint density at radius 2 is 1.81 bits per heavy atom. The van der Waals surface area contributed by atoms with Crippen LogP contribution < -0.4 is 0 Å². The maximum absolute atomic E-state index is 12.0. The van der Waals surface area contributed by atoms with E-state index >= 15 is 0 Å². The molecular formula is C15H29ClN2O3. The molecule has 0 radical (unpaired) electrons. The van der Waals surface area contributed by atoms with Gasteiger partial charge in [0.1, 0.15) is 5.60 Å². The molecule has 2 aliphatic heterocycles. The summed E-state index contributed by atoms with van der Waals surface area (Å²) in [6.45, 7) is 10.1. The van der Waals surface area contributed by atoms with Gasteiger partial charge in [0, 0.05) is 32.7 Å². The molecule has 0 aromatic carbocycles. The molecule has 1 atom stereocenters. The van der Waals surface area contributed by atoms with Crippen molar-refractivity contribution in [3.05, 3.63) is 0 Å². The first kappa shape index (κ1) is 18.5. The van der Waals surface area contributed by atoms with Gasteiger partial charge >= 0.3 is 6.09 Å². The van der Waals surface area contributed by atoms with Crippen LogP contribution in [0.15, 0.2) is 0 Å². The Morgan fingerprint density at radius 3 is 2.29 bits per heavy atom. The molecule has 0 unspecified atom stereocenters. The van der Waals surface area contributed by atoms with E-state index in [-0.39, 0.29) is 24.6 Å². The van der Waals surface area contributed by atoms with Crippen molar-refractivity contribution in [1.29, 1.82) is 0 Å². The Hall–Kier alpha value is -0.520. The third-order valence-corrected chi connectivity index (χ3v) is 4.03. The zero-order valence-electron chi connectivity index (χ0n) is 13.4. The maximum Gasteiger partial charge on any atom is 0.410 e. The normalized spacial score (nSPS) is 24.8. The third kappa shape index (κ3) is 6.01. The fourth-order valence-corrected chi connectivity index (χ4v) is 2.97. The predicted molar refractivity (Wildman–Crippen MR) is 84.8 cm³/mol. The highest BCUT2D eigenvalue weighted by molar-refractivity contribution is 5.85. The van der Waals surface area contributed by atoms with Gasteiger partial charge in [0.05, 0.1) is 6.10 Å². The van der Waals surface area contributed by atoms with E-state index in [1.165, 1.54) is 0 Å². The lowest BCUT2D eigenvalue weighted by atomic mass is 9.96. The molecule has 0 aliphatic carbocycles. The van der Waals surface area contributed by atoms with Gasteiger partial charge in [-0.2, -0.15) is 0 Å². The first-order chi connectivity index (χ1) is 9.33. The zero-order valence-corrected chi connectivity index (χ0v) is 14.2. The van der Waals surface area contributed by atoms with Gasteiger partial charge in [0.25, 0.3) is 0 Å². The van der Waals surface area contributed by atoms with E-state index in [4.69, 9.17) is 4.74 Å². The van der Waals surface area contributed by atoms with Gasteiger partial charge in [-0.3, -0.25) is 0 Å². The number of amides is 1. The lowest BCUT2D eigenvalue weighted by Crippen LogP contribution is -2.43. The van der Waals surface area contributed by atoms with E-state index in [0.29, 0.717) is 5.92 Å². The van der Waals surface area contributed by atoms with Crippen LogP contribution in [0.4, 0.5) is 4.79 Å². The Morgan fingerprint density at radius 1 is 1.19 bits per heavy atom. The van der Waals surface area contributed by atoms with Gasteiger partial charge in [-0.05, 0) is 46.0 Å². The van der Waals surface area contributed by atoms with E-state index in [9.17, 15) is 9.90 Å². The minimum Gasteiger partial charge on any atom is -0.444 e. The smallest absolute Gasteiger partial charge is 0.410 e. The number of hydrogen-bond acceptors (Lipinski definition) is 4. The SMILES string of the molecule is CC(C)(C)OC(=O)N1CCC(CN2CC[C@@H](O)C2)CC1.Cl. The maximum atomic E-state index is 12.0. The van der Waals surface area contributed by atoms with Crippen molar-refractivity contribution < 1.29 is 14.6 Å². The largest absolute Gasteiger partial charge is 0.444 e. The van der Waals surface area contributed by atoms with Gasteiger partial charge in [-0.1, -0.05) is 0 Å². The molecule has 2 heterocycles. The van der Waals surface area contributed by atoms with Crippen molar-refractivity contribution in [3.8, 4) is 0 Å². The molecule has 2 saturated heterocycles. The van der Waals surface area contributed by atoms with Crippen LogP contribution in [0.1, 0.15) is 40.0 Å². The Kier molecular flexibility index (Phi) is 6.75. The topological polar surface area (TPSA) is 53.0 Å². The summed E-state index contributed by atoms with van der Waals surface area (Å²) >= 11 is 0. The summed E-state index contributed by atoms with van der Waals surface area (Å²) in [5.74, 6) is 0.638. The number of nitrogens with zero attached hydrogens (tertiary/aromatic N) is 2. The molecule has 5 nitrogen and oxygen atoms in total. The Balaban J connectivity index is 0.00000220. The van der Waals surface area contributed by atoms with Crippen LogP contribution in [0.3, 0.4) is 0 Å². The summed E-state index contributed by atoms with van der Waals surface area (Å²) in [5.41, 5.74) is -0.417. The molecule has 0 bridgehead atoms. The van der Waals surface area contributed by atoms with Crippen molar-refractivity contribution >= 4 is 18.5 Å². The van der Waals surface area contributed by atoms with Crippen molar-refractivity contribution in [3.63, 3.8) is 0 Å². The molecule has 6 heteroatoms. The van der Waals surface area contributed by atoms with Gasteiger partial charge in [-0.15, -0.1) is 12.4 Å². The standard InChI is InChI=1S/C15H28N2O3.ClH/c1-15(2,3)20-14(19)17-8-4-12(5-9-17)10-16-7-6-13(18)11-16;/h12-13,18H,4-11H2,1-3H3;1H/t13-;/m1./s1. The first-order valence-electron chi connectivity index (χ1n) is 7.72. The molecular weight excluding hydrogens is 292 g/mol. The molecule has 124 valence electrons. The van der Waals surface area contributed by atoms with Crippen molar-refractivity contribution in [2.45, 2.75) is 51.7 Å². The van der Waals surface area contributed by atoms with Gasteiger partial charge in [0.15, 0.2) is 0 Å². The summed E-state index contributed by atoms with van der Waals surface area (Å²) in [5, 5.41) is 9.54. The molecule has 21 heavy (non-hydrogen) atoms. The molecule has 2 fully saturated rings. The van der Waals surface area contributed by atoms with E-state index in [1.807, 2.05) is 25.7 Å². The number of β-amino-alcohol motifs (C(OH)–C–C–N with tert-alkyl or cyclic N) is 1. The number of rotatable bonds is 2. The Bertz CT molecular complexity index is 338. The molecule has 1 N–H and O–H groups in total. The summed E-state index contributed by atoms with van der Waals surface area (Å²) in [6, 6.07) is 0. The predicted octanol–water partition coefficient (Wildman–Crippen LogP) is 2.12. The second-order valence-corrected chi connectivity index (χ2v) is 7.11. The average molecular weight is 321 g/mol. The number of halogens is 1. The Labute approximate surface area is 134 Å². The highest BCUT2D eigenvalue weighted by Crippen LogP contribution is 2.22. The van der Waals surface area contributed by atoms with Crippen LogP contribution in [0.5, 0.6) is 0 Å². The lowest BCUT2D eigenvalue weighted by molar-refractivity contribution is 0.0171. The highest BCUT2D eigenvalue weighted by atomic mass is 35.5. The molecule has 0 saturated carbocycles. The third-order valence-electron chi connectivity index (χ3n) is 4.03. The van der Waals surface area contributed by atoms with Crippen LogP contribution in [0.25, 0.3) is 0 Å². The molecule has 2 rings (SSSR count). The molecule has 1 amide bonds. The number of aliphatic hydroxyl groups excluding tert-OH is 1. The number of ether oxygens (including phenoxy) is 1. The molecule has 2 aliphatic rings. The number of aliphatic hydroxyl groups is 1. The molecule has 0 spiro atoms. The summed E-state index contributed by atoms with van der Waals surface area (Å²) in [6.07, 6.45) is 2.64. The van der Waals surface area contributed by atoms with Crippen molar-refractivity contribution in [1.82, 2.24) is 9.80 Å². The van der Waals surface area contributed by atoms with Gasteiger partial charge in [-0.25, -0.2) is 4.79 Å².